The van der Waals surface area contributed by atoms with Gasteiger partial charge in [0.25, 0.3) is 0 Å². The van der Waals surface area contributed by atoms with Gasteiger partial charge in [-0.1, -0.05) is 27.2 Å². The number of hydrogen-bond acceptors (Lipinski definition) is 1. The molecule has 0 unspecified atom stereocenters. The Hall–Kier alpha value is -0.0800. The van der Waals surface area contributed by atoms with E-state index >= 15 is 0 Å². The van der Waals surface area contributed by atoms with Gasteiger partial charge in [-0.25, -0.2) is 0 Å². The normalized spacial score (nSPS) is 17.8. The van der Waals surface area contributed by atoms with Gasteiger partial charge < -0.3 is 9.96 Å². The van der Waals surface area contributed by atoms with Gasteiger partial charge in [0.05, 0.1) is 25.7 Å². The third-order valence-corrected chi connectivity index (χ3v) is 4.36. The second-order valence-electron chi connectivity index (χ2n) is 5.68. The maximum Gasteiger partial charge on any atom is 0.0890 e. The van der Waals surface area contributed by atoms with Crippen LogP contribution in [0.1, 0.15) is 72.1 Å². The summed E-state index contributed by atoms with van der Waals surface area (Å²) in [5.74, 6) is 0. The van der Waals surface area contributed by atoms with Crippen molar-refractivity contribution in [1.29, 1.82) is 0 Å². The number of nitrogens with zero attached hydrogens (tertiary/aromatic N) is 1. The fourth-order valence-electron chi connectivity index (χ4n) is 3.85. The molecule has 17 heavy (non-hydrogen) atoms. The molecule has 0 amide bonds. The van der Waals surface area contributed by atoms with Crippen molar-refractivity contribution in [2.75, 3.05) is 19.6 Å². The van der Waals surface area contributed by atoms with Crippen molar-refractivity contribution >= 4 is 0 Å². The minimum Gasteiger partial charge on any atom is -0.870 e. The monoisotopic (exact) mass is 243 g/mol. The summed E-state index contributed by atoms with van der Waals surface area (Å²) < 4.78 is 1.45. The molecule has 0 aromatic carbocycles. The third kappa shape index (κ3) is 4.59. The van der Waals surface area contributed by atoms with Crippen molar-refractivity contribution in [2.24, 2.45) is 0 Å². The van der Waals surface area contributed by atoms with Crippen LogP contribution in [0.2, 0.25) is 0 Å². The van der Waals surface area contributed by atoms with Gasteiger partial charge >= 0.3 is 0 Å². The minimum atomic E-state index is 0. The molecule has 0 aliphatic heterocycles. The van der Waals surface area contributed by atoms with Crippen molar-refractivity contribution in [2.45, 2.75) is 78.2 Å². The van der Waals surface area contributed by atoms with E-state index in [1.54, 1.807) is 0 Å². The van der Waals surface area contributed by atoms with Crippen LogP contribution < -0.4 is 0 Å². The SMILES string of the molecule is CCC[N+](CCC)(CCC)C1CCCCC1.[OH-]. The van der Waals surface area contributed by atoms with Gasteiger partial charge in [-0.3, -0.25) is 0 Å². The van der Waals surface area contributed by atoms with Crippen LogP contribution in [0, 0.1) is 0 Å². The van der Waals surface area contributed by atoms with Gasteiger partial charge in [0.2, 0.25) is 0 Å². The van der Waals surface area contributed by atoms with Gasteiger partial charge in [-0.2, -0.15) is 0 Å². The zero-order valence-corrected chi connectivity index (χ0v) is 12.2. The van der Waals surface area contributed by atoms with Gasteiger partial charge in [0.1, 0.15) is 0 Å². The second kappa shape index (κ2) is 8.93. The molecule has 0 atom stereocenters. The van der Waals surface area contributed by atoms with Crippen LogP contribution in [-0.2, 0) is 0 Å². The molecular formula is C15H33NO. The lowest BCUT2D eigenvalue weighted by Gasteiger charge is -2.46. The average molecular weight is 243 g/mol. The number of quaternary nitrogens is 1. The van der Waals surface area contributed by atoms with Gasteiger partial charge in [0.15, 0.2) is 0 Å². The van der Waals surface area contributed by atoms with E-state index in [9.17, 15) is 0 Å². The van der Waals surface area contributed by atoms with E-state index in [0.717, 1.165) is 6.04 Å². The molecule has 1 aliphatic carbocycles. The summed E-state index contributed by atoms with van der Waals surface area (Å²) in [6.07, 6.45) is 11.5. The molecule has 1 aliphatic rings. The van der Waals surface area contributed by atoms with Gasteiger partial charge in [-0.15, -0.1) is 0 Å². The predicted molar refractivity (Wildman–Crippen MR) is 74.5 cm³/mol. The molecule has 1 N–H and O–H groups in total. The number of rotatable bonds is 7. The Labute approximate surface area is 108 Å². The van der Waals surface area contributed by atoms with Crippen LogP contribution in [0.4, 0.5) is 0 Å². The Balaban J connectivity index is 0.00000256. The first-order chi connectivity index (χ1) is 7.79. The summed E-state index contributed by atoms with van der Waals surface area (Å²) in [5.41, 5.74) is 0. The van der Waals surface area contributed by atoms with E-state index in [-0.39, 0.29) is 5.48 Å². The van der Waals surface area contributed by atoms with E-state index in [1.807, 2.05) is 0 Å². The molecule has 0 saturated heterocycles. The van der Waals surface area contributed by atoms with Crippen LogP contribution in [0.25, 0.3) is 0 Å². The summed E-state index contributed by atoms with van der Waals surface area (Å²) in [5, 5.41) is 0. The molecular weight excluding hydrogens is 210 g/mol. The molecule has 0 spiro atoms. The molecule has 1 saturated carbocycles. The van der Waals surface area contributed by atoms with E-state index in [0.29, 0.717) is 0 Å². The summed E-state index contributed by atoms with van der Waals surface area (Å²) >= 11 is 0. The fourth-order valence-corrected chi connectivity index (χ4v) is 3.85. The van der Waals surface area contributed by atoms with Crippen LogP contribution in [-0.4, -0.2) is 35.6 Å². The maximum absolute atomic E-state index is 2.36. The molecule has 0 aromatic heterocycles. The highest BCUT2D eigenvalue weighted by Crippen LogP contribution is 2.29. The van der Waals surface area contributed by atoms with E-state index in [4.69, 9.17) is 0 Å². The Morgan fingerprint density at radius 1 is 0.765 bits per heavy atom. The largest absolute Gasteiger partial charge is 0.870 e. The lowest BCUT2D eigenvalue weighted by atomic mass is 9.91. The van der Waals surface area contributed by atoms with Crippen LogP contribution in [0.3, 0.4) is 0 Å². The smallest absolute Gasteiger partial charge is 0.0890 e. The summed E-state index contributed by atoms with van der Waals surface area (Å²) in [7, 11) is 0. The quantitative estimate of drug-likeness (QED) is 0.617. The van der Waals surface area contributed by atoms with E-state index < -0.39 is 0 Å². The lowest BCUT2D eigenvalue weighted by molar-refractivity contribution is -0.952. The van der Waals surface area contributed by atoms with Crippen LogP contribution >= 0.6 is 0 Å². The molecule has 0 aromatic rings. The molecule has 1 fully saturated rings. The molecule has 0 bridgehead atoms. The summed E-state index contributed by atoms with van der Waals surface area (Å²) in [6, 6.07) is 0.994. The zero-order chi connectivity index (χ0) is 11.9. The highest BCUT2D eigenvalue weighted by atomic mass is 16.0. The average Bonchev–Trinajstić information content (AvgIpc) is 2.31. The maximum atomic E-state index is 2.36. The van der Waals surface area contributed by atoms with Gasteiger partial charge in [0, 0.05) is 0 Å². The number of hydrogen-bond donors (Lipinski definition) is 0. The van der Waals surface area contributed by atoms with E-state index in [1.165, 1.54) is 75.5 Å². The first-order valence-electron chi connectivity index (χ1n) is 7.64. The minimum absolute atomic E-state index is 0. The molecule has 2 heteroatoms. The topological polar surface area (TPSA) is 30.0 Å². The fraction of sp³-hybridized carbons (Fsp3) is 1.00. The first kappa shape index (κ1) is 16.9. The van der Waals surface area contributed by atoms with Crippen molar-refractivity contribution in [3.63, 3.8) is 0 Å². The Kier molecular flexibility index (Phi) is 8.89. The van der Waals surface area contributed by atoms with E-state index in [2.05, 4.69) is 20.8 Å². The highest BCUT2D eigenvalue weighted by molar-refractivity contribution is 4.68. The van der Waals surface area contributed by atoms with Crippen molar-refractivity contribution in [3.8, 4) is 0 Å². The van der Waals surface area contributed by atoms with Crippen molar-refractivity contribution in [3.05, 3.63) is 0 Å². The Bertz CT molecular complexity index is 159. The predicted octanol–water partition coefficient (Wildman–Crippen LogP) is 4.19. The molecule has 2 nitrogen and oxygen atoms in total. The first-order valence-corrected chi connectivity index (χ1v) is 7.64. The van der Waals surface area contributed by atoms with Gasteiger partial charge in [-0.05, 0) is 44.9 Å². The molecule has 0 radical (unpaired) electrons. The Morgan fingerprint density at radius 2 is 1.18 bits per heavy atom. The molecule has 0 heterocycles. The standard InChI is InChI=1S/C15H32N.H2O/c1-4-12-16(13-5-2,14-6-3)15-10-8-7-9-11-15;/h15H,4-14H2,1-3H3;1H2/q+1;/p-1. The molecule has 1 rings (SSSR count). The highest BCUT2D eigenvalue weighted by Gasteiger charge is 2.35. The summed E-state index contributed by atoms with van der Waals surface area (Å²) in [4.78, 5) is 0. The third-order valence-electron chi connectivity index (χ3n) is 4.36. The van der Waals surface area contributed by atoms with Crippen molar-refractivity contribution in [1.82, 2.24) is 0 Å². The summed E-state index contributed by atoms with van der Waals surface area (Å²) in [6.45, 7) is 11.4. The van der Waals surface area contributed by atoms with Crippen molar-refractivity contribution < 1.29 is 9.96 Å². The Morgan fingerprint density at radius 3 is 1.53 bits per heavy atom. The lowest BCUT2D eigenvalue weighted by Crippen LogP contribution is -2.57. The van der Waals surface area contributed by atoms with Crippen LogP contribution in [0.15, 0.2) is 0 Å². The van der Waals surface area contributed by atoms with Crippen LogP contribution in [0.5, 0.6) is 0 Å². The zero-order valence-electron chi connectivity index (χ0n) is 12.2. The molecule has 104 valence electrons. The second-order valence-corrected chi connectivity index (χ2v) is 5.68.